The van der Waals surface area contributed by atoms with Crippen LogP contribution in [0.1, 0.15) is 72.1 Å². The van der Waals surface area contributed by atoms with Crippen molar-refractivity contribution >= 4 is 11.8 Å². The quantitative estimate of drug-likeness (QED) is 0.666. The van der Waals surface area contributed by atoms with Crippen molar-refractivity contribution in [2.75, 3.05) is 0 Å². The largest absolute Gasteiger partial charge is 0.481 e. The van der Waals surface area contributed by atoms with E-state index in [0.717, 1.165) is 24.8 Å². The van der Waals surface area contributed by atoms with Crippen LogP contribution in [0.25, 0.3) is 0 Å². The molecular formula is C24H36O5. The summed E-state index contributed by atoms with van der Waals surface area (Å²) in [4.78, 5) is 23.1. The molecule has 4 rings (SSSR count). The van der Waals surface area contributed by atoms with Crippen LogP contribution in [0.2, 0.25) is 0 Å². The van der Waals surface area contributed by atoms with Gasteiger partial charge in [-0.25, -0.2) is 0 Å². The summed E-state index contributed by atoms with van der Waals surface area (Å²) in [5, 5.41) is 31.5. The molecule has 0 radical (unpaired) electrons. The van der Waals surface area contributed by atoms with E-state index in [4.69, 9.17) is 5.11 Å². The predicted octanol–water partition coefficient (Wildman–Crippen LogP) is 3.58. The zero-order valence-corrected chi connectivity index (χ0v) is 17.9. The van der Waals surface area contributed by atoms with Crippen molar-refractivity contribution in [1.82, 2.24) is 0 Å². The summed E-state index contributed by atoms with van der Waals surface area (Å²) in [6, 6.07) is 0. The minimum atomic E-state index is -0.754. The summed E-state index contributed by atoms with van der Waals surface area (Å²) in [5.41, 5.74) is 0.474. The standard InChI is InChI=1S/C24H36O5/c1-13(4-7-22(28)29)16-5-6-17-15-11-20(26)19-10-14(25)8-9-23(19,2)18(15)12-21(27)24(16,17)3/h10,13,15-18,20-21,26-27H,4-9,11-12H2,1-3H3,(H,28,29)/t13?,15?,16?,17?,18?,20?,21?,23-,24+/m1/s1. The van der Waals surface area contributed by atoms with Gasteiger partial charge in [0.05, 0.1) is 12.2 Å². The molecule has 0 aliphatic heterocycles. The Balaban J connectivity index is 1.63. The van der Waals surface area contributed by atoms with Crippen LogP contribution in [0, 0.1) is 40.4 Å². The fraction of sp³-hybridized carbons (Fsp3) is 0.833. The van der Waals surface area contributed by atoms with E-state index in [1.54, 1.807) is 6.08 Å². The number of hydrogen-bond acceptors (Lipinski definition) is 4. The third kappa shape index (κ3) is 3.11. The van der Waals surface area contributed by atoms with Crippen molar-refractivity contribution in [3.05, 3.63) is 11.6 Å². The lowest BCUT2D eigenvalue weighted by atomic mass is 9.45. The minimum absolute atomic E-state index is 0.115. The normalized spacial score (nSPS) is 47.6. The van der Waals surface area contributed by atoms with Crippen LogP contribution < -0.4 is 0 Å². The molecule has 162 valence electrons. The van der Waals surface area contributed by atoms with Crippen molar-refractivity contribution in [3.8, 4) is 0 Å². The first kappa shape index (κ1) is 21.0. The minimum Gasteiger partial charge on any atom is -0.481 e. The Hall–Kier alpha value is -1.20. The van der Waals surface area contributed by atoms with Gasteiger partial charge in [-0.15, -0.1) is 0 Å². The van der Waals surface area contributed by atoms with Gasteiger partial charge >= 0.3 is 5.97 Å². The zero-order chi connectivity index (χ0) is 21.1. The lowest BCUT2D eigenvalue weighted by molar-refractivity contribution is -0.152. The molecule has 5 nitrogen and oxygen atoms in total. The van der Waals surface area contributed by atoms with E-state index in [1.165, 1.54) is 0 Å². The van der Waals surface area contributed by atoms with E-state index >= 15 is 0 Å². The highest BCUT2D eigenvalue weighted by molar-refractivity contribution is 5.91. The van der Waals surface area contributed by atoms with Gasteiger partial charge in [-0.05, 0) is 90.6 Å². The van der Waals surface area contributed by atoms with Gasteiger partial charge < -0.3 is 15.3 Å². The number of carbonyl (C=O) groups excluding carboxylic acids is 1. The van der Waals surface area contributed by atoms with Gasteiger partial charge in [-0.1, -0.05) is 20.8 Å². The number of carbonyl (C=O) groups is 2. The fourth-order valence-corrected chi connectivity index (χ4v) is 8.09. The van der Waals surface area contributed by atoms with Crippen molar-refractivity contribution in [1.29, 1.82) is 0 Å². The number of rotatable bonds is 4. The molecule has 0 bridgehead atoms. The summed E-state index contributed by atoms with van der Waals surface area (Å²) in [5.74, 6) is 0.937. The SMILES string of the molecule is CC(CCC(=O)O)C1CCC2C3CC(O)C4=CC(=O)CC[C@]4(C)C3CC(O)[C@@]12C. The second-order valence-electron chi connectivity index (χ2n) is 10.8. The van der Waals surface area contributed by atoms with Crippen molar-refractivity contribution in [3.63, 3.8) is 0 Å². The molecule has 4 aliphatic carbocycles. The molecule has 0 aromatic rings. The number of carboxylic acid groups (broad SMARTS) is 1. The molecule has 3 N–H and O–H groups in total. The molecule has 29 heavy (non-hydrogen) atoms. The predicted molar refractivity (Wildman–Crippen MR) is 109 cm³/mol. The molecular weight excluding hydrogens is 368 g/mol. The van der Waals surface area contributed by atoms with Crippen LogP contribution in [-0.2, 0) is 9.59 Å². The van der Waals surface area contributed by atoms with E-state index < -0.39 is 18.2 Å². The van der Waals surface area contributed by atoms with Gasteiger partial charge in [0, 0.05) is 12.8 Å². The Labute approximate surface area is 173 Å². The molecule has 0 amide bonds. The molecule has 5 heteroatoms. The first-order chi connectivity index (χ1) is 13.6. The second kappa shape index (κ2) is 7.19. The van der Waals surface area contributed by atoms with Crippen LogP contribution in [0.15, 0.2) is 11.6 Å². The molecule has 9 atom stereocenters. The molecule has 0 aromatic heterocycles. The smallest absolute Gasteiger partial charge is 0.303 e. The Morgan fingerprint density at radius 2 is 1.93 bits per heavy atom. The Bertz CT molecular complexity index is 729. The molecule has 4 aliphatic rings. The molecule has 3 saturated carbocycles. The maximum Gasteiger partial charge on any atom is 0.303 e. The first-order valence-corrected chi connectivity index (χ1v) is 11.4. The van der Waals surface area contributed by atoms with Gasteiger partial charge in [-0.2, -0.15) is 0 Å². The summed E-state index contributed by atoms with van der Waals surface area (Å²) in [7, 11) is 0. The van der Waals surface area contributed by atoms with Gasteiger partial charge in [-0.3, -0.25) is 9.59 Å². The number of aliphatic hydroxyl groups excluding tert-OH is 2. The van der Waals surface area contributed by atoms with Crippen LogP contribution >= 0.6 is 0 Å². The van der Waals surface area contributed by atoms with E-state index in [1.807, 2.05) is 0 Å². The number of carboxylic acids is 1. The highest BCUT2D eigenvalue weighted by Crippen LogP contribution is 2.67. The van der Waals surface area contributed by atoms with Crippen LogP contribution in [0.5, 0.6) is 0 Å². The summed E-state index contributed by atoms with van der Waals surface area (Å²) in [6.45, 7) is 6.56. The molecule has 0 spiro atoms. The van der Waals surface area contributed by atoms with Crippen molar-refractivity contribution in [2.24, 2.45) is 40.4 Å². The van der Waals surface area contributed by atoms with E-state index in [0.29, 0.717) is 49.4 Å². The Morgan fingerprint density at radius 3 is 2.62 bits per heavy atom. The Morgan fingerprint density at radius 1 is 1.21 bits per heavy atom. The van der Waals surface area contributed by atoms with E-state index in [-0.39, 0.29) is 29.0 Å². The van der Waals surface area contributed by atoms with E-state index in [9.17, 15) is 19.8 Å². The maximum absolute atomic E-state index is 12.0. The van der Waals surface area contributed by atoms with Crippen LogP contribution in [0.4, 0.5) is 0 Å². The molecule has 0 saturated heterocycles. The summed E-state index contributed by atoms with van der Waals surface area (Å²) >= 11 is 0. The van der Waals surface area contributed by atoms with Gasteiger partial charge in [0.2, 0.25) is 0 Å². The average molecular weight is 405 g/mol. The highest BCUT2D eigenvalue weighted by atomic mass is 16.4. The third-order valence-corrected chi connectivity index (χ3v) is 9.66. The molecule has 3 fully saturated rings. The average Bonchev–Trinajstić information content (AvgIpc) is 3.02. The number of hydrogen-bond donors (Lipinski definition) is 3. The summed E-state index contributed by atoms with van der Waals surface area (Å²) < 4.78 is 0. The van der Waals surface area contributed by atoms with E-state index in [2.05, 4.69) is 20.8 Å². The number of aliphatic hydroxyl groups is 2. The fourth-order valence-electron chi connectivity index (χ4n) is 8.09. The van der Waals surface area contributed by atoms with Crippen molar-refractivity contribution in [2.45, 2.75) is 84.3 Å². The third-order valence-electron chi connectivity index (χ3n) is 9.66. The lowest BCUT2D eigenvalue weighted by Gasteiger charge is -2.61. The summed E-state index contributed by atoms with van der Waals surface area (Å²) in [6.07, 6.45) is 6.31. The highest BCUT2D eigenvalue weighted by Gasteiger charge is 2.64. The lowest BCUT2D eigenvalue weighted by Crippen LogP contribution is -2.59. The van der Waals surface area contributed by atoms with Gasteiger partial charge in [0.15, 0.2) is 5.78 Å². The molecule has 0 heterocycles. The molecule has 0 aromatic carbocycles. The van der Waals surface area contributed by atoms with Gasteiger partial charge in [0.25, 0.3) is 0 Å². The van der Waals surface area contributed by atoms with Crippen LogP contribution in [0.3, 0.4) is 0 Å². The van der Waals surface area contributed by atoms with Crippen molar-refractivity contribution < 1.29 is 24.9 Å². The number of aliphatic carboxylic acids is 1. The van der Waals surface area contributed by atoms with Crippen LogP contribution in [-0.4, -0.2) is 39.3 Å². The first-order valence-electron chi connectivity index (χ1n) is 11.4. The zero-order valence-electron chi connectivity index (χ0n) is 17.9. The monoisotopic (exact) mass is 404 g/mol. The topological polar surface area (TPSA) is 94.8 Å². The second-order valence-corrected chi connectivity index (χ2v) is 10.8. The Kier molecular flexibility index (Phi) is 5.22. The van der Waals surface area contributed by atoms with Gasteiger partial charge in [0.1, 0.15) is 0 Å². The molecule has 7 unspecified atom stereocenters. The number of fused-ring (bicyclic) bond motifs is 5. The number of ketones is 1. The maximum atomic E-state index is 12.0.